The van der Waals surface area contributed by atoms with Crippen LogP contribution in [0.2, 0.25) is 0 Å². The summed E-state index contributed by atoms with van der Waals surface area (Å²) in [5, 5.41) is 2.40. The summed E-state index contributed by atoms with van der Waals surface area (Å²) in [6.07, 6.45) is 14.7. The lowest BCUT2D eigenvalue weighted by Gasteiger charge is -2.39. The number of allylic oxidation sites excluding steroid dienone is 2. The average Bonchev–Trinajstić information content (AvgIpc) is 3.24. The molecular weight excluding hydrogens is 641 g/mol. The van der Waals surface area contributed by atoms with E-state index in [1.807, 2.05) is 0 Å². The number of aliphatic imine (C=N–C) groups is 2. The molecule has 0 amide bonds. The fourth-order valence-electron chi connectivity index (χ4n) is 8.26. The molecule has 0 aliphatic heterocycles. The van der Waals surface area contributed by atoms with E-state index in [9.17, 15) is 0 Å². The molecular formula is C51H46N2. The van der Waals surface area contributed by atoms with Crippen LogP contribution in [0.15, 0.2) is 186 Å². The third kappa shape index (κ3) is 7.28. The second-order valence-electron chi connectivity index (χ2n) is 14.5. The maximum atomic E-state index is 5.16. The number of nitrogens with zero attached hydrogens (tertiary/aromatic N) is 2. The molecule has 2 aliphatic carbocycles. The van der Waals surface area contributed by atoms with Gasteiger partial charge in [-0.25, -0.2) is 9.98 Å². The number of rotatable bonds is 8. The normalized spacial score (nSPS) is 16.0. The van der Waals surface area contributed by atoms with Crippen molar-refractivity contribution in [3.63, 3.8) is 0 Å². The SMILES string of the molecule is C=C(N=C(N=C(C)c1cccc2ccccc12)C1=CCCC=C1)c1ccc(C2(c3ccc(-c4cccc(-c5ccccc5)c4)cc3)CCCCC2)cc1. The smallest absolute Gasteiger partial charge is 0.159 e. The molecule has 0 spiro atoms. The van der Waals surface area contributed by atoms with Crippen molar-refractivity contribution in [2.45, 2.75) is 57.3 Å². The van der Waals surface area contributed by atoms with E-state index < -0.39 is 0 Å². The van der Waals surface area contributed by atoms with Gasteiger partial charge in [-0.3, -0.25) is 0 Å². The van der Waals surface area contributed by atoms with Gasteiger partial charge in [0.1, 0.15) is 0 Å². The summed E-state index contributed by atoms with van der Waals surface area (Å²) in [7, 11) is 0. The summed E-state index contributed by atoms with van der Waals surface area (Å²) in [6, 6.07) is 52.8. The van der Waals surface area contributed by atoms with Crippen LogP contribution in [0.3, 0.4) is 0 Å². The van der Waals surface area contributed by atoms with E-state index in [1.165, 1.54) is 63.4 Å². The van der Waals surface area contributed by atoms with Crippen molar-refractivity contribution in [2.75, 3.05) is 0 Å². The molecule has 6 aromatic rings. The van der Waals surface area contributed by atoms with E-state index in [-0.39, 0.29) is 5.41 Å². The third-order valence-electron chi connectivity index (χ3n) is 11.2. The molecule has 0 bridgehead atoms. The van der Waals surface area contributed by atoms with Crippen LogP contribution in [0.1, 0.15) is 74.1 Å². The number of fused-ring (bicyclic) bond motifs is 1. The van der Waals surface area contributed by atoms with Gasteiger partial charge in [-0.05, 0) is 88.4 Å². The van der Waals surface area contributed by atoms with Crippen LogP contribution in [0.5, 0.6) is 0 Å². The zero-order chi connectivity index (χ0) is 36.0. The van der Waals surface area contributed by atoms with Gasteiger partial charge in [-0.1, -0.05) is 184 Å². The van der Waals surface area contributed by atoms with Crippen LogP contribution >= 0.6 is 0 Å². The maximum Gasteiger partial charge on any atom is 0.159 e. The van der Waals surface area contributed by atoms with Gasteiger partial charge in [0.05, 0.1) is 5.70 Å². The Morgan fingerprint density at radius 1 is 0.585 bits per heavy atom. The van der Waals surface area contributed by atoms with E-state index in [2.05, 4.69) is 177 Å². The zero-order valence-corrected chi connectivity index (χ0v) is 30.6. The quantitative estimate of drug-likeness (QED) is 0.112. The molecule has 260 valence electrons. The fourth-order valence-corrected chi connectivity index (χ4v) is 8.26. The first-order chi connectivity index (χ1) is 26.1. The molecule has 8 rings (SSSR count). The molecule has 1 fully saturated rings. The standard InChI is InChI=1S/C51H46N2/c1-37(52-50(43-19-8-4-9-20-43)53-38(2)48-25-15-21-42-18-10-11-24-49(42)48)39-26-30-46(31-27-39)51(34-12-5-13-35-51)47-32-28-41(29-33-47)45-23-14-22-44(36-45)40-16-6-3-7-17-40/h3,6-8,10-11,14-33,36H,1,4-5,9,12-13,34-35H2,2H3. The Morgan fingerprint density at radius 3 is 1.92 bits per heavy atom. The van der Waals surface area contributed by atoms with Crippen LogP contribution in [-0.2, 0) is 5.41 Å². The summed E-state index contributed by atoms with van der Waals surface area (Å²) in [5.41, 5.74) is 12.6. The van der Waals surface area contributed by atoms with Gasteiger partial charge in [0.2, 0.25) is 0 Å². The zero-order valence-electron chi connectivity index (χ0n) is 30.6. The molecule has 2 heteroatoms. The lowest BCUT2D eigenvalue weighted by molar-refractivity contribution is 0.346. The fraction of sp³-hybridized carbons (Fsp3) is 0.176. The van der Waals surface area contributed by atoms with Crippen LogP contribution in [0, 0.1) is 0 Å². The van der Waals surface area contributed by atoms with Crippen LogP contribution < -0.4 is 0 Å². The van der Waals surface area contributed by atoms with Gasteiger partial charge in [-0.2, -0.15) is 0 Å². The lowest BCUT2D eigenvalue weighted by Crippen LogP contribution is -2.30. The van der Waals surface area contributed by atoms with E-state index in [4.69, 9.17) is 9.98 Å². The highest BCUT2D eigenvalue weighted by Gasteiger charge is 2.35. The van der Waals surface area contributed by atoms with E-state index in [1.54, 1.807) is 0 Å². The Hall–Kier alpha value is -5.86. The van der Waals surface area contributed by atoms with Gasteiger partial charge >= 0.3 is 0 Å². The minimum atomic E-state index is -0.00543. The average molecular weight is 687 g/mol. The van der Waals surface area contributed by atoms with Crippen molar-refractivity contribution in [2.24, 2.45) is 9.98 Å². The molecule has 0 heterocycles. The largest absolute Gasteiger partial charge is 0.233 e. The van der Waals surface area contributed by atoms with Crippen molar-refractivity contribution in [1.82, 2.24) is 0 Å². The summed E-state index contributed by atoms with van der Waals surface area (Å²) >= 11 is 0. The summed E-state index contributed by atoms with van der Waals surface area (Å²) in [6.45, 7) is 6.55. The summed E-state index contributed by atoms with van der Waals surface area (Å²) < 4.78 is 0. The number of hydrogen-bond acceptors (Lipinski definition) is 1. The maximum absolute atomic E-state index is 5.16. The first-order valence-electron chi connectivity index (χ1n) is 19.1. The summed E-state index contributed by atoms with van der Waals surface area (Å²) in [5.74, 6) is 0.707. The molecule has 0 atom stereocenters. The Kier molecular flexibility index (Phi) is 9.95. The molecule has 0 unspecified atom stereocenters. The van der Waals surface area contributed by atoms with Crippen molar-refractivity contribution in [3.05, 3.63) is 198 Å². The Bertz CT molecular complexity index is 2360. The van der Waals surface area contributed by atoms with Crippen molar-refractivity contribution in [1.29, 1.82) is 0 Å². The number of amidine groups is 1. The van der Waals surface area contributed by atoms with E-state index in [0.717, 1.165) is 53.8 Å². The van der Waals surface area contributed by atoms with Gasteiger partial charge in [0.15, 0.2) is 5.84 Å². The Morgan fingerprint density at radius 2 is 1.21 bits per heavy atom. The predicted octanol–water partition coefficient (Wildman–Crippen LogP) is 13.6. The van der Waals surface area contributed by atoms with E-state index in [0.29, 0.717) is 5.84 Å². The first-order valence-corrected chi connectivity index (χ1v) is 19.1. The van der Waals surface area contributed by atoms with Crippen molar-refractivity contribution in [3.8, 4) is 22.3 Å². The molecule has 2 nitrogen and oxygen atoms in total. The lowest BCUT2D eigenvalue weighted by atomic mass is 9.65. The molecule has 0 saturated heterocycles. The molecule has 53 heavy (non-hydrogen) atoms. The van der Waals surface area contributed by atoms with Crippen molar-refractivity contribution < 1.29 is 0 Å². The first kappa shape index (κ1) is 34.2. The van der Waals surface area contributed by atoms with Crippen LogP contribution in [-0.4, -0.2) is 11.5 Å². The number of hydrogen-bond donors (Lipinski definition) is 0. The third-order valence-corrected chi connectivity index (χ3v) is 11.2. The second-order valence-corrected chi connectivity index (χ2v) is 14.5. The highest BCUT2D eigenvalue weighted by molar-refractivity contribution is 6.17. The second kappa shape index (κ2) is 15.4. The molecule has 2 aliphatic rings. The van der Waals surface area contributed by atoms with E-state index >= 15 is 0 Å². The highest BCUT2D eigenvalue weighted by atomic mass is 14.9. The topological polar surface area (TPSA) is 24.7 Å². The predicted molar refractivity (Wildman–Crippen MR) is 227 cm³/mol. The summed E-state index contributed by atoms with van der Waals surface area (Å²) in [4.78, 5) is 10.3. The molecule has 0 aromatic heterocycles. The molecule has 6 aromatic carbocycles. The Labute approximate surface area is 314 Å². The monoisotopic (exact) mass is 686 g/mol. The minimum absolute atomic E-state index is 0.00543. The van der Waals surface area contributed by atoms with Gasteiger partial charge in [0, 0.05) is 22.3 Å². The van der Waals surface area contributed by atoms with Crippen molar-refractivity contribution >= 4 is 28.0 Å². The molecule has 1 saturated carbocycles. The van der Waals surface area contributed by atoms with Crippen LogP contribution in [0.4, 0.5) is 0 Å². The van der Waals surface area contributed by atoms with Gasteiger partial charge in [0.25, 0.3) is 0 Å². The number of benzene rings is 6. The molecule has 0 N–H and O–H groups in total. The molecule has 0 radical (unpaired) electrons. The Balaban J connectivity index is 1.08. The van der Waals surface area contributed by atoms with Gasteiger partial charge < -0.3 is 0 Å². The minimum Gasteiger partial charge on any atom is -0.233 e. The highest BCUT2D eigenvalue weighted by Crippen LogP contribution is 2.45. The van der Waals surface area contributed by atoms with Crippen LogP contribution in [0.25, 0.3) is 38.7 Å². The van der Waals surface area contributed by atoms with Gasteiger partial charge in [-0.15, -0.1) is 0 Å².